The highest BCUT2D eigenvalue weighted by Crippen LogP contribution is 2.40. The van der Waals surface area contributed by atoms with Gasteiger partial charge >= 0.3 is 6.18 Å². The Hall–Kier alpha value is -2.71. The van der Waals surface area contributed by atoms with Gasteiger partial charge in [-0.15, -0.1) is 0 Å². The van der Waals surface area contributed by atoms with E-state index in [1.807, 2.05) is 30.3 Å². The molecular formula is C24H26F3N3O2. The summed E-state index contributed by atoms with van der Waals surface area (Å²) in [4.78, 5) is 4.88. The van der Waals surface area contributed by atoms with Gasteiger partial charge in [-0.25, -0.2) is 0 Å². The van der Waals surface area contributed by atoms with Crippen molar-refractivity contribution in [3.05, 3.63) is 59.8 Å². The Morgan fingerprint density at radius 3 is 2.81 bits per heavy atom. The van der Waals surface area contributed by atoms with E-state index in [1.165, 1.54) is 6.07 Å². The van der Waals surface area contributed by atoms with Crippen LogP contribution in [0.1, 0.15) is 30.1 Å². The number of methoxy groups -OCH3 is 1. The lowest BCUT2D eigenvalue weighted by atomic mass is 9.92. The van der Waals surface area contributed by atoms with E-state index in [0.29, 0.717) is 23.2 Å². The number of hydrogen-bond donors (Lipinski definition) is 2. The summed E-state index contributed by atoms with van der Waals surface area (Å²) in [7, 11) is 1.74. The summed E-state index contributed by atoms with van der Waals surface area (Å²) in [5.74, 6) is 0.804. The number of halogens is 3. The van der Waals surface area contributed by atoms with E-state index in [2.05, 4.69) is 15.2 Å². The molecule has 5 rings (SSSR count). The molecule has 2 N–H and O–H groups in total. The average molecular weight is 445 g/mol. The van der Waals surface area contributed by atoms with E-state index in [-0.39, 0.29) is 18.2 Å². The number of rotatable bonds is 4. The van der Waals surface area contributed by atoms with Crippen molar-refractivity contribution in [1.82, 2.24) is 9.88 Å². The van der Waals surface area contributed by atoms with Crippen LogP contribution in [0.25, 0.3) is 10.9 Å². The zero-order valence-electron chi connectivity index (χ0n) is 17.8. The Morgan fingerprint density at radius 2 is 2.00 bits per heavy atom. The lowest BCUT2D eigenvalue weighted by Gasteiger charge is -2.44. The molecule has 8 heteroatoms. The fourth-order valence-corrected chi connectivity index (χ4v) is 4.90. The first-order valence-electron chi connectivity index (χ1n) is 10.9. The van der Waals surface area contributed by atoms with Crippen molar-refractivity contribution in [3.63, 3.8) is 0 Å². The maximum Gasteiger partial charge on any atom is 0.431 e. The van der Waals surface area contributed by atoms with Crippen molar-refractivity contribution < 1.29 is 22.6 Å². The first-order chi connectivity index (χ1) is 15.4. The van der Waals surface area contributed by atoms with Crippen molar-refractivity contribution in [2.45, 2.75) is 37.2 Å². The molecule has 3 heterocycles. The van der Waals surface area contributed by atoms with Crippen LogP contribution in [0, 0.1) is 0 Å². The summed E-state index contributed by atoms with van der Waals surface area (Å²) in [6.45, 7) is 2.24. The van der Waals surface area contributed by atoms with E-state index in [1.54, 1.807) is 19.2 Å². The number of piperidine rings is 1. The molecule has 170 valence electrons. The Labute approximate surface area is 184 Å². The van der Waals surface area contributed by atoms with Crippen molar-refractivity contribution in [2.75, 3.05) is 32.1 Å². The number of fused-ring (bicyclic) bond motifs is 2. The Morgan fingerprint density at radius 1 is 1.16 bits per heavy atom. The summed E-state index contributed by atoms with van der Waals surface area (Å²) in [6.07, 6.45) is -2.19. The molecule has 1 aromatic heterocycles. The molecule has 1 saturated heterocycles. The summed E-state index contributed by atoms with van der Waals surface area (Å²) in [5.41, 5.74) is 1.38. The highest BCUT2D eigenvalue weighted by molar-refractivity contribution is 5.93. The SMILES string of the molecule is COC1CCCN(C2COc3ccccc3C2Nc2cccc3[nH]c(C(F)(F)F)cc23)C1. The standard InChI is InChI=1S/C24H26F3N3O2/c1-31-15-6-5-11-30(13-15)20-14-32-21-10-3-2-7-16(21)23(20)29-19-9-4-8-18-17(19)12-22(28-18)24(25,26)27/h2-4,7-10,12,15,20,23,28-29H,5-6,11,13-14H2,1H3. The number of hydrogen-bond acceptors (Lipinski definition) is 4. The van der Waals surface area contributed by atoms with E-state index in [4.69, 9.17) is 9.47 Å². The predicted octanol–water partition coefficient (Wildman–Crippen LogP) is 5.21. The van der Waals surface area contributed by atoms with Gasteiger partial charge in [-0.3, -0.25) is 4.90 Å². The van der Waals surface area contributed by atoms with Gasteiger partial charge in [-0.05, 0) is 43.7 Å². The van der Waals surface area contributed by atoms with Crippen molar-refractivity contribution >= 4 is 16.6 Å². The molecule has 0 bridgehead atoms. The molecule has 0 spiro atoms. The third-order valence-corrected chi connectivity index (χ3v) is 6.54. The fourth-order valence-electron chi connectivity index (χ4n) is 4.90. The molecule has 0 aliphatic carbocycles. The van der Waals surface area contributed by atoms with Crippen LogP contribution >= 0.6 is 0 Å². The van der Waals surface area contributed by atoms with Crippen LogP contribution < -0.4 is 10.1 Å². The number of benzene rings is 2. The number of H-pyrrole nitrogens is 1. The second kappa shape index (κ2) is 8.33. The van der Waals surface area contributed by atoms with Gasteiger partial charge in [-0.2, -0.15) is 13.2 Å². The van der Waals surface area contributed by atoms with Crippen LogP contribution in [0.5, 0.6) is 5.75 Å². The zero-order valence-corrected chi connectivity index (χ0v) is 17.8. The molecule has 0 saturated carbocycles. The van der Waals surface area contributed by atoms with Gasteiger partial charge in [-0.1, -0.05) is 24.3 Å². The van der Waals surface area contributed by atoms with Gasteiger partial charge in [0.1, 0.15) is 18.1 Å². The second-order valence-electron chi connectivity index (χ2n) is 8.48. The van der Waals surface area contributed by atoms with Crippen LogP contribution in [-0.2, 0) is 10.9 Å². The number of nitrogens with one attached hydrogen (secondary N) is 2. The molecule has 2 aliphatic heterocycles. The number of para-hydroxylation sites is 1. The third kappa shape index (κ3) is 3.93. The first-order valence-corrected chi connectivity index (χ1v) is 10.9. The van der Waals surface area contributed by atoms with Crippen molar-refractivity contribution in [1.29, 1.82) is 0 Å². The predicted molar refractivity (Wildman–Crippen MR) is 117 cm³/mol. The molecular weight excluding hydrogens is 419 g/mol. The minimum atomic E-state index is -4.42. The number of alkyl halides is 3. The van der Waals surface area contributed by atoms with Gasteiger partial charge in [0.15, 0.2) is 0 Å². The van der Waals surface area contributed by atoms with Gasteiger partial charge in [0.25, 0.3) is 0 Å². The minimum absolute atomic E-state index is 0.0270. The van der Waals surface area contributed by atoms with Gasteiger partial charge in [0.05, 0.1) is 18.2 Å². The van der Waals surface area contributed by atoms with E-state index in [9.17, 15) is 13.2 Å². The number of ether oxygens (including phenoxy) is 2. The molecule has 5 nitrogen and oxygen atoms in total. The minimum Gasteiger partial charge on any atom is -0.491 e. The fraction of sp³-hybridized carbons (Fsp3) is 0.417. The molecule has 3 unspecified atom stereocenters. The number of nitrogens with zero attached hydrogens (tertiary/aromatic N) is 1. The summed E-state index contributed by atoms with van der Waals surface area (Å²) < 4.78 is 51.6. The zero-order chi connectivity index (χ0) is 22.3. The molecule has 2 aliphatic rings. The summed E-state index contributed by atoms with van der Waals surface area (Å²) in [5, 5.41) is 4.10. The van der Waals surface area contributed by atoms with Gasteiger partial charge < -0.3 is 19.8 Å². The van der Waals surface area contributed by atoms with Crippen molar-refractivity contribution in [2.24, 2.45) is 0 Å². The Balaban J connectivity index is 1.52. The van der Waals surface area contributed by atoms with Crippen LogP contribution in [0.4, 0.5) is 18.9 Å². The Bertz CT molecular complexity index is 1100. The number of aromatic amines is 1. The lowest BCUT2D eigenvalue weighted by Crippen LogP contribution is -2.53. The summed E-state index contributed by atoms with van der Waals surface area (Å²) >= 11 is 0. The number of aromatic nitrogens is 1. The number of anilines is 1. The quantitative estimate of drug-likeness (QED) is 0.579. The molecule has 0 radical (unpaired) electrons. The monoisotopic (exact) mass is 445 g/mol. The number of likely N-dealkylation sites (tertiary alicyclic amines) is 1. The maximum atomic E-state index is 13.3. The van der Waals surface area contributed by atoms with E-state index in [0.717, 1.165) is 37.2 Å². The molecule has 1 fully saturated rings. The van der Waals surface area contributed by atoms with Gasteiger partial charge in [0.2, 0.25) is 0 Å². The topological polar surface area (TPSA) is 49.5 Å². The average Bonchev–Trinajstić information content (AvgIpc) is 3.25. The highest BCUT2D eigenvalue weighted by atomic mass is 19.4. The highest BCUT2D eigenvalue weighted by Gasteiger charge is 2.38. The molecule has 3 aromatic rings. The first kappa shape index (κ1) is 21.2. The smallest absolute Gasteiger partial charge is 0.431 e. The van der Waals surface area contributed by atoms with Crippen LogP contribution in [-0.4, -0.2) is 48.8 Å². The Kier molecular flexibility index (Phi) is 5.51. The molecule has 2 aromatic carbocycles. The lowest BCUT2D eigenvalue weighted by molar-refractivity contribution is -0.140. The van der Waals surface area contributed by atoms with Crippen LogP contribution in [0.3, 0.4) is 0 Å². The molecule has 32 heavy (non-hydrogen) atoms. The van der Waals surface area contributed by atoms with Crippen LogP contribution in [0.2, 0.25) is 0 Å². The van der Waals surface area contributed by atoms with Gasteiger partial charge in [0, 0.05) is 35.8 Å². The normalized spacial score (nSPS) is 24.2. The third-order valence-electron chi connectivity index (χ3n) is 6.54. The molecule has 0 amide bonds. The van der Waals surface area contributed by atoms with E-state index >= 15 is 0 Å². The summed E-state index contributed by atoms with van der Waals surface area (Å²) in [6, 6.07) is 14.2. The maximum absolute atomic E-state index is 13.3. The van der Waals surface area contributed by atoms with Crippen LogP contribution in [0.15, 0.2) is 48.5 Å². The molecule has 3 atom stereocenters. The van der Waals surface area contributed by atoms with E-state index < -0.39 is 11.9 Å². The largest absolute Gasteiger partial charge is 0.491 e. The second-order valence-corrected chi connectivity index (χ2v) is 8.48. The van der Waals surface area contributed by atoms with Crippen molar-refractivity contribution in [3.8, 4) is 5.75 Å².